The van der Waals surface area contributed by atoms with E-state index in [0.717, 1.165) is 24.4 Å². The van der Waals surface area contributed by atoms with Gasteiger partial charge in [-0.25, -0.2) is 4.39 Å². The Labute approximate surface area is 179 Å². The number of nitrogens with zero attached hydrogens (tertiary/aromatic N) is 2. The minimum atomic E-state index is -0.494. The van der Waals surface area contributed by atoms with Crippen LogP contribution in [0.25, 0.3) is 0 Å². The highest BCUT2D eigenvalue weighted by Crippen LogP contribution is 2.33. The van der Waals surface area contributed by atoms with Crippen LogP contribution in [-0.4, -0.2) is 44.6 Å². The first-order chi connectivity index (χ1) is 14.5. The Morgan fingerprint density at radius 1 is 1.20 bits per heavy atom. The maximum atomic E-state index is 14.0. The Morgan fingerprint density at radius 3 is 2.77 bits per heavy atom. The number of methoxy groups -OCH3 is 1. The van der Waals surface area contributed by atoms with Crippen LogP contribution in [-0.2, 0) is 9.59 Å². The molecule has 2 saturated heterocycles. The van der Waals surface area contributed by atoms with Gasteiger partial charge in [-0.15, -0.1) is 0 Å². The minimum Gasteiger partial charge on any atom is -0.495 e. The molecular weight excluding hydrogens is 409 g/mol. The predicted octanol–water partition coefficient (Wildman–Crippen LogP) is 3.24. The fraction of sp³-hybridized carbons (Fsp3) is 0.364. The van der Waals surface area contributed by atoms with Gasteiger partial charge in [0.2, 0.25) is 11.8 Å². The monoisotopic (exact) mass is 431 g/mol. The topological polar surface area (TPSA) is 61.9 Å². The van der Waals surface area contributed by atoms with E-state index in [4.69, 9.17) is 16.3 Å². The van der Waals surface area contributed by atoms with Gasteiger partial charge < -0.3 is 19.9 Å². The zero-order chi connectivity index (χ0) is 21.3. The maximum absolute atomic E-state index is 14.0. The van der Waals surface area contributed by atoms with E-state index in [1.165, 1.54) is 11.0 Å². The summed E-state index contributed by atoms with van der Waals surface area (Å²) in [5.41, 5.74) is 1.11. The molecule has 0 spiro atoms. The lowest BCUT2D eigenvalue weighted by Crippen LogP contribution is -2.41. The number of benzene rings is 2. The van der Waals surface area contributed by atoms with E-state index in [9.17, 15) is 14.0 Å². The quantitative estimate of drug-likeness (QED) is 0.789. The summed E-state index contributed by atoms with van der Waals surface area (Å²) >= 11 is 6.13. The second-order valence-corrected chi connectivity index (χ2v) is 8.05. The zero-order valence-corrected chi connectivity index (χ0v) is 17.4. The van der Waals surface area contributed by atoms with Crippen LogP contribution in [0.1, 0.15) is 12.8 Å². The third kappa shape index (κ3) is 4.07. The number of hydrogen-bond acceptors (Lipinski definition) is 4. The molecular formula is C22H23ClFN3O3. The average Bonchev–Trinajstić information content (AvgIpc) is 3.35. The van der Waals surface area contributed by atoms with E-state index in [1.807, 2.05) is 12.1 Å². The van der Waals surface area contributed by atoms with Crippen molar-refractivity contribution >= 4 is 34.8 Å². The van der Waals surface area contributed by atoms with Crippen molar-refractivity contribution in [3.63, 3.8) is 0 Å². The number of carbonyl (C=O) groups excluding carboxylic acids is 2. The molecule has 2 heterocycles. The van der Waals surface area contributed by atoms with Gasteiger partial charge in [-0.1, -0.05) is 23.7 Å². The van der Waals surface area contributed by atoms with Crippen molar-refractivity contribution in [2.45, 2.75) is 18.9 Å². The summed E-state index contributed by atoms with van der Waals surface area (Å²) < 4.78 is 19.5. The number of hydrogen-bond donors (Lipinski definition) is 1. The molecule has 0 saturated carbocycles. The molecule has 0 bridgehead atoms. The van der Waals surface area contributed by atoms with E-state index in [1.54, 1.807) is 31.4 Å². The Kier molecular flexibility index (Phi) is 5.81. The molecule has 2 aliphatic heterocycles. The van der Waals surface area contributed by atoms with Crippen LogP contribution < -0.4 is 19.9 Å². The summed E-state index contributed by atoms with van der Waals surface area (Å²) in [6, 6.07) is 11.5. The van der Waals surface area contributed by atoms with Gasteiger partial charge in [0.1, 0.15) is 11.6 Å². The third-order valence-electron chi connectivity index (χ3n) is 5.66. The molecule has 0 unspecified atom stereocenters. The summed E-state index contributed by atoms with van der Waals surface area (Å²) in [6.07, 6.45) is 0.859. The Hall–Kier alpha value is -2.80. The molecule has 2 atom stereocenters. The number of para-hydroxylation sites is 1. The standard InChI is InChI=1S/C22H23ClFN3O3/c1-30-20-7-6-15(23)11-19(20)26-9-8-16(13-26)25-22(29)14-10-21(28)27(12-14)18-5-3-2-4-17(18)24/h2-7,11,14,16H,8-10,12-13H2,1H3,(H,25,29)/t14-,16-/m1/s1. The van der Waals surface area contributed by atoms with Crippen molar-refractivity contribution in [1.82, 2.24) is 5.32 Å². The molecule has 4 rings (SSSR count). The van der Waals surface area contributed by atoms with Crippen LogP contribution in [0.3, 0.4) is 0 Å². The number of ether oxygens (including phenoxy) is 1. The number of nitrogens with one attached hydrogen (secondary N) is 1. The van der Waals surface area contributed by atoms with Gasteiger partial charge in [0.15, 0.2) is 0 Å². The van der Waals surface area contributed by atoms with Crippen molar-refractivity contribution in [2.75, 3.05) is 36.5 Å². The number of rotatable bonds is 5. The first kappa shape index (κ1) is 20.5. The summed E-state index contributed by atoms with van der Waals surface area (Å²) in [6.45, 7) is 1.57. The highest BCUT2D eigenvalue weighted by atomic mass is 35.5. The third-order valence-corrected chi connectivity index (χ3v) is 5.89. The summed E-state index contributed by atoms with van der Waals surface area (Å²) in [7, 11) is 1.61. The fourth-order valence-electron chi connectivity index (χ4n) is 4.11. The molecule has 0 aliphatic carbocycles. The van der Waals surface area contributed by atoms with Crippen molar-refractivity contribution in [1.29, 1.82) is 0 Å². The Balaban J connectivity index is 1.38. The van der Waals surface area contributed by atoms with Crippen molar-refractivity contribution in [3.05, 3.63) is 53.3 Å². The van der Waals surface area contributed by atoms with Gasteiger partial charge in [0.25, 0.3) is 0 Å². The molecule has 2 amide bonds. The van der Waals surface area contributed by atoms with Crippen LogP contribution >= 0.6 is 11.6 Å². The first-order valence-corrected chi connectivity index (χ1v) is 10.3. The molecule has 0 radical (unpaired) electrons. The number of halogens is 2. The van der Waals surface area contributed by atoms with Crippen LogP contribution in [0, 0.1) is 11.7 Å². The smallest absolute Gasteiger partial charge is 0.227 e. The molecule has 30 heavy (non-hydrogen) atoms. The second kappa shape index (κ2) is 8.52. The SMILES string of the molecule is COc1ccc(Cl)cc1N1CC[C@@H](NC(=O)[C@@H]2CC(=O)N(c3ccccc3F)C2)C1. The van der Waals surface area contributed by atoms with Gasteiger partial charge >= 0.3 is 0 Å². The molecule has 2 aliphatic rings. The highest BCUT2D eigenvalue weighted by Gasteiger charge is 2.37. The Morgan fingerprint density at radius 2 is 2.00 bits per heavy atom. The van der Waals surface area contributed by atoms with E-state index in [0.29, 0.717) is 11.6 Å². The summed E-state index contributed by atoms with van der Waals surface area (Å²) in [4.78, 5) is 28.6. The number of anilines is 2. The van der Waals surface area contributed by atoms with Gasteiger partial charge in [-0.05, 0) is 36.8 Å². The normalized spacial score (nSPS) is 21.2. The lowest BCUT2D eigenvalue weighted by atomic mass is 10.1. The van der Waals surface area contributed by atoms with E-state index >= 15 is 0 Å². The highest BCUT2D eigenvalue weighted by molar-refractivity contribution is 6.31. The molecule has 1 N–H and O–H groups in total. The molecule has 2 fully saturated rings. The maximum Gasteiger partial charge on any atom is 0.227 e. The number of amides is 2. The molecule has 2 aromatic rings. The molecule has 2 aromatic carbocycles. The Bertz CT molecular complexity index is 970. The van der Waals surface area contributed by atoms with Crippen LogP contribution in [0.15, 0.2) is 42.5 Å². The predicted molar refractivity (Wildman–Crippen MR) is 114 cm³/mol. The summed E-state index contributed by atoms with van der Waals surface area (Å²) in [5.74, 6) is -0.641. The lowest BCUT2D eigenvalue weighted by molar-refractivity contribution is -0.126. The number of carbonyl (C=O) groups is 2. The van der Waals surface area contributed by atoms with Crippen LogP contribution in [0.5, 0.6) is 5.75 Å². The van der Waals surface area contributed by atoms with E-state index in [2.05, 4.69) is 10.2 Å². The van der Waals surface area contributed by atoms with Gasteiger partial charge in [0, 0.05) is 37.1 Å². The van der Waals surface area contributed by atoms with E-state index < -0.39 is 11.7 Å². The average molecular weight is 432 g/mol. The van der Waals surface area contributed by atoms with Crippen LogP contribution in [0.2, 0.25) is 5.02 Å². The van der Waals surface area contributed by atoms with Crippen molar-refractivity contribution < 1.29 is 18.7 Å². The van der Waals surface area contributed by atoms with E-state index in [-0.39, 0.29) is 36.5 Å². The zero-order valence-electron chi connectivity index (χ0n) is 16.6. The second-order valence-electron chi connectivity index (χ2n) is 7.61. The van der Waals surface area contributed by atoms with Crippen molar-refractivity contribution in [3.8, 4) is 5.75 Å². The van der Waals surface area contributed by atoms with Gasteiger partial charge in [-0.2, -0.15) is 0 Å². The first-order valence-electron chi connectivity index (χ1n) is 9.90. The largest absolute Gasteiger partial charge is 0.495 e. The van der Waals surface area contributed by atoms with Crippen LogP contribution in [0.4, 0.5) is 15.8 Å². The van der Waals surface area contributed by atoms with Gasteiger partial charge in [-0.3, -0.25) is 9.59 Å². The minimum absolute atomic E-state index is 0.0428. The molecule has 158 valence electrons. The lowest BCUT2D eigenvalue weighted by Gasteiger charge is -2.22. The summed E-state index contributed by atoms with van der Waals surface area (Å²) in [5, 5.41) is 3.67. The van der Waals surface area contributed by atoms with Crippen molar-refractivity contribution in [2.24, 2.45) is 5.92 Å². The molecule has 6 nitrogen and oxygen atoms in total. The fourth-order valence-corrected chi connectivity index (χ4v) is 4.28. The molecule has 8 heteroatoms. The van der Waals surface area contributed by atoms with Gasteiger partial charge in [0.05, 0.1) is 24.4 Å². The molecule has 0 aromatic heterocycles.